The van der Waals surface area contributed by atoms with E-state index in [1.807, 2.05) is 0 Å². The second-order valence-electron chi connectivity index (χ2n) is 5.11. The van der Waals surface area contributed by atoms with E-state index in [0.29, 0.717) is 17.6 Å². The second kappa shape index (κ2) is 2.32. The van der Waals surface area contributed by atoms with Gasteiger partial charge in [-0.3, -0.25) is 9.69 Å². The van der Waals surface area contributed by atoms with Crippen LogP contribution >= 0.6 is 0 Å². The largest absolute Gasteiger partial charge is 0.299 e. The number of Topliss-reactive ketones (excluding diaryl/α,β-unsaturated/α-hetero) is 1. The molecule has 2 bridgehead atoms. The Hall–Kier alpha value is -0.370. The van der Waals surface area contributed by atoms with E-state index in [-0.39, 0.29) is 5.54 Å². The predicted molar refractivity (Wildman–Crippen MR) is 47.9 cm³/mol. The van der Waals surface area contributed by atoms with E-state index in [0.717, 1.165) is 19.5 Å². The average molecular weight is 167 g/mol. The maximum Gasteiger partial charge on any atom is 0.141 e. The summed E-state index contributed by atoms with van der Waals surface area (Å²) in [4.78, 5) is 13.7. The molecular formula is C10H17NO. The van der Waals surface area contributed by atoms with Gasteiger partial charge in [-0.15, -0.1) is 0 Å². The van der Waals surface area contributed by atoms with Gasteiger partial charge in [-0.25, -0.2) is 0 Å². The zero-order valence-electron chi connectivity index (χ0n) is 8.13. The van der Waals surface area contributed by atoms with E-state index in [1.54, 1.807) is 0 Å². The number of hydrogen-bond donors (Lipinski definition) is 0. The van der Waals surface area contributed by atoms with Crippen molar-refractivity contribution in [2.24, 2.45) is 11.8 Å². The molecule has 0 aromatic heterocycles. The molecule has 2 aliphatic heterocycles. The molecule has 0 aromatic rings. The van der Waals surface area contributed by atoms with Crippen molar-refractivity contribution < 1.29 is 4.79 Å². The lowest BCUT2D eigenvalue weighted by atomic mass is 9.69. The Labute approximate surface area is 73.9 Å². The summed E-state index contributed by atoms with van der Waals surface area (Å²) in [6.45, 7) is 8.67. The van der Waals surface area contributed by atoms with Gasteiger partial charge >= 0.3 is 0 Å². The van der Waals surface area contributed by atoms with Crippen molar-refractivity contribution in [3.63, 3.8) is 0 Å². The molecule has 2 saturated heterocycles. The van der Waals surface area contributed by atoms with Crippen LogP contribution in [0.15, 0.2) is 0 Å². The number of piperidine rings is 2. The Morgan fingerprint density at radius 2 is 1.75 bits per heavy atom. The van der Waals surface area contributed by atoms with E-state index in [1.165, 1.54) is 0 Å². The molecule has 2 heteroatoms. The van der Waals surface area contributed by atoms with Crippen LogP contribution in [-0.2, 0) is 4.79 Å². The Bertz CT molecular complexity index is 202. The summed E-state index contributed by atoms with van der Waals surface area (Å²) in [6.07, 6.45) is 1.16. The number of ketones is 1. The van der Waals surface area contributed by atoms with Crippen LogP contribution in [0.2, 0.25) is 0 Å². The van der Waals surface area contributed by atoms with Gasteiger partial charge in [0.2, 0.25) is 0 Å². The first-order valence-electron chi connectivity index (χ1n) is 4.77. The molecule has 2 heterocycles. The lowest BCUT2D eigenvalue weighted by molar-refractivity contribution is -0.146. The summed E-state index contributed by atoms with van der Waals surface area (Å²) in [5, 5.41) is 0. The Kier molecular flexibility index (Phi) is 1.59. The van der Waals surface area contributed by atoms with Crippen LogP contribution in [0.1, 0.15) is 27.2 Å². The first-order chi connectivity index (χ1) is 5.48. The van der Waals surface area contributed by atoms with Gasteiger partial charge in [0.1, 0.15) is 5.78 Å². The van der Waals surface area contributed by atoms with Crippen LogP contribution in [0, 0.1) is 11.8 Å². The molecule has 0 spiro atoms. The lowest BCUT2D eigenvalue weighted by Crippen LogP contribution is -2.60. The Balaban J connectivity index is 2.04. The molecule has 0 unspecified atom stereocenters. The minimum absolute atomic E-state index is 0.248. The summed E-state index contributed by atoms with van der Waals surface area (Å²) in [5.74, 6) is 1.28. The molecule has 3 aliphatic rings. The van der Waals surface area contributed by atoms with E-state index in [9.17, 15) is 4.79 Å². The molecule has 0 N–H and O–H groups in total. The fourth-order valence-electron chi connectivity index (χ4n) is 2.23. The van der Waals surface area contributed by atoms with Gasteiger partial charge in [0.15, 0.2) is 0 Å². The summed E-state index contributed by atoms with van der Waals surface area (Å²) < 4.78 is 0. The maximum atomic E-state index is 11.3. The molecule has 12 heavy (non-hydrogen) atoms. The van der Waals surface area contributed by atoms with Gasteiger partial charge in [0.25, 0.3) is 0 Å². The quantitative estimate of drug-likeness (QED) is 0.542. The maximum absolute atomic E-state index is 11.3. The van der Waals surface area contributed by atoms with Crippen molar-refractivity contribution in [2.45, 2.75) is 32.7 Å². The standard InChI is InChI=1S/C10H17NO/c1-10(2,3)11-5-7-4-8(6-11)9(7)12/h7-8H,4-6H2,1-3H3/t7-,8-/m1/s1. The fraction of sp³-hybridized carbons (Fsp3) is 0.900. The van der Waals surface area contributed by atoms with Gasteiger partial charge in [-0.05, 0) is 27.2 Å². The molecule has 68 valence electrons. The average Bonchev–Trinajstić information content (AvgIpc) is 2.02. The number of carbonyl (C=O) groups excluding carboxylic acids is 1. The van der Waals surface area contributed by atoms with Crippen molar-refractivity contribution in [3.05, 3.63) is 0 Å². The molecule has 1 aliphatic carbocycles. The third-order valence-corrected chi connectivity index (χ3v) is 3.20. The number of hydrogen-bond acceptors (Lipinski definition) is 2. The first-order valence-corrected chi connectivity index (χ1v) is 4.77. The van der Waals surface area contributed by atoms with E-state index < -0.39 is 0 Å². The lowest BCUT2D eigenvalue weighted by Gasteiger charge is -2.50. The zero-order valence-corrected chi connectivity index (χ0v) is 8.13. The predicted octanol–water partition coefficient (Wildman–Crippen LogP) is 1.31. The van der Waals surface area contributed by atoms with Crippen molar-refractivity contribution in [1.82, 2.24) is 4.90 Å². The van der Waals surface area contributed by atoms with E-state index in [2.05, 4.69) is 25.7 Å². The highest BCUT2D eigenvalue weighted by Crippen LogP contribution is 2.38. The second-order valence-corrected chi connectivity index (χ2v) is 5.11. The molecule has 2 nitrogen and oxygen atoms in total. The normalized spacial score (nSPS) is 36.4. The fourth-order valence-corrected chi connectivity index (χ4v) is 2.23. The summed E-state index contributed by atoms with van der Waals surface area (Å²) >= 11 is 0. The SMILES string of the molecule is CC(C)(C)N1C[C@H]2C[C@H](C1)C2=O. The highest BCUT2D eigenvalue weighted by atomic mass is 16.1. The van der Waals surface area contributed by atoms with Crippen LogP contribution in [-0.4, -0.2) is 29.3 Å². The molecule has 3 fully saturated rings. The van der Waals surface area contributed by atoms with Gasteiger partial charge < -0.3 is 0 Å². The number of nitrogens with zero attached hydrogens (tertiary/aromatic N) is 1. The molecule has 3 rings (SSSR count). The molecule has 0 aromatic carbocycles. The van der Waals surface area contributed by atoms with Gasteiger partial charge in [-0.2, -0.15) is 0 Å². The van der Waals surface area contributed by atoms with Gasteiger partial charge in [-0.1, -0.05) is 0 Å². The van der Waals surface area contributed by atoms with Crippen LogP contribution in [0.3, 0.4) is 0 Å². The topological polar surface area (TPSA) is 20.3 Å². The van der Waals surface area contributed by atoms with Crippen molar-refractivity contribution >= 4 is 5.78 Å². The molecule has 2 atom stereocenters. The summed E-state index contributed by atoms with van der Waals surface area (Å²) in [7, 11) is 0. The third-order valence-electron chi connectivity index (χ3n) is 3.20. The van der Waals surface area contributed by atoms with Crippen LogP contribution in [0.4, 0.5) is 0 Å². The summed E-state index contributed by atoms with van der Waals surface area (Å²) in [6, 6.07) is 0. The number of carbonyl (C=O) groups is 1. The molecule has 1 saturated carbocycles. The molecule has 0 amide bonds. The number of rotatable bonds is 0. The van der Waals surface area contributed by atoms with Crippen LogP contribution in [0.25, 0.3) is 0 Å². The van der Waals surface area contributed by atoms with Crippen molar-refractivity contribution in [3.8, 4) is 0 Å². The van der Waals surface area contributed by atoms with Gasteiger partial charge in [0, 0.05) is 30.5 Å². The van der Waals surface area contributed by atoms with Crippen LogP contribution < -0.4 is 0 Å². The van der Waals surface area contributed by atoms with E-state index in [4.69, 9.17) is 0 Å². The van der Waals surface area contributed by atoms with Crippen LogP contribution in [0.5, 0.6) is 0 Å². The monoisotopic (exact) mass is 167 g/mol. The zero-order chi connectivity index (χ0) is 8.93. The summed E-state index contributed by atoms with van der Waals surface area (Å²) in [5.41, 5.74) is 0.248. The highest BCUT2D eigenvalue weighted by Gasteiger charge is 2.47. The molecule has 0 radical (unpaired) electrons. The minimum atomic E-state index is 0.248. The van der Waals surface area contributed by atoms with Crippen molar-refractivity contribution in [1.29, 1.82) is 0 Å². The Morgan fingerprint density at radius 1 is 1.25 bits per heavy atom. The first kappa shape index (κ1) is 8.24. The third kappa shape index (κ3) is 1.09. The highest BCUT2D eigenvalue weighted by molar-refractivity contribution is 5.90. The minimum Gasteiger partial charge on any atom is -0.299 e. The molecular weight excluding hydrogens is 150 g/mol. The van der Waals surface area contributed by atoms with Crippen molar-refractivity contribution in [2.75, 3.05) is 13.1 Å². The smallest absolute Gasteiger partial charge is 0.141 e. The Morgan fingerprint density at radius 3 is 2.08 bits per heavy atom. The van der Waals surface area contributed by atoms with E-state index >= 15 is 0 Å². The number of fused-ring (bicyclic) bond motifs is 2. The van der Waals surface area contributed by atoms with Gasteiger partial charge in [0.05, 0.1) is 0 Å².